The second-order valence-corrected chi connectivity index (χ2v) is 11.2. The van der Waals surface area contributed by atoms with Crippen molar-refractivity contribution in [1.29, 1.82) is 0 Å². The van der Waals surface area contributed by atoms with Crippen LogP contribution in [0.3, 0.4) is 0 Å². The summed E-state index contributed by atoms with van der Waals surface area (Å²) in [7, 11) is -3.48. The van der Waals surface area contributed by atoms with Crippen LogP contribution in [0.2, 0.25) is 0 Å². The van der Waals surface area contributed by atoms with E-state index in [2.05, 4.69) is 21.2 Å². The summed E-state index contributed by atoms with van der Waals surface area (Å²) in [6.07, 6.45) is 0.856. The van der Waals surface area contributed by atoms with Crippen LogP contribution in [0.1, 0.15) is 22.8 Å². The summed E-state index contributed by atoms with van der Waals surface area (Å²) in [5.74, 6) is 0.297. The predicted molar refractivity (Wildman–Crippen MR) is 111 cm³/mol. The second kappa shape index (κ2) is 8.23. The van der Waals surface area contributed by atoms with Crippen LogP contribution in [0.15, 0.2) is 45.1 Å². The molecule has 2 aromatic rings. The lowest BCUT2D eigenvalue weighted by molar-refractivity contribution is -0.122. The van der Waals surface area contributed by atoms with Gasteiger partial charge in [-0.1, -0.05) is 28.1 Å². The number of sulfonamides is 1. The Hall–Kier alpha value is -1.26. The molecule has 1 amide bonds. The molecule has 1 aliphatic carbocycles. The summed E-state index contributed by atoms with van der Waals surface area (Å²) in [5.41, 5.74) is 1.18. The zero-order valence-corrected chi connectivity index (χ0v) is 18.4. The van der Waals surface area contributed by atoms with Crippen LogP contribution in [0, 0.1) is 5.92 Å². The van der Waals surface area contributed by atoms with E-state index in [1.807, 2.05) is 24.3 Å². The molecule has 0 bridgehead atoms. The van der Waals surface area contributed by atoms with Crippen molar-refractivity contribution in [3.8, 4) is 0 Å². The van der Waals surface area contributed by atoms with Gasteiger partial charge in [0.1, 0.15) is 4.21 Å². The summed E-state index contributed by atoms with van der Waals surface area (Å²) in [4.78, 5) is 13.3. The summed E-state index contributed by atoms with van der Waals surface area (Å²) in [6, 6.07) is 11.5. The first kappa shape index (κ1) is 20.0. The summed E-state index contributed by atoms with van der Waals surface area (Å²) in [6.45, 7) is 1.96. The molecule has 1 saturated carbocycles. The van der Waals surface area contributed by atoms with Gasteiger partial charge in [-0.3, -0.25) is 4.79 Å². The van der Waals surface area contributed by atoms with Crippen molar-refractivity contribution in [3.63, 3.8) is 0 Å². The van der Waals surface area contributed by atoms with Gasteiger partial charge in [0.05, 0.1) is 19.8 Å². The number of morpholine rings is 1. The summed E-state index contributed by atoms with van der Waals surface area (Å²) < 4.78 is 33.4. The molecule has 1 aromatic carbocycles. The summed E-state index contributed by atoms with van der Waals surface area (Å²) in [5, 5.41) is 2.95. The Labute approximate surface area is 177 Å². The fraction of sp³-hybridized carbons (Fsp3) is 0.421. The minimum atomic E-state index is -3.48. The van der Waals surface area contributed by atoms with E-state index in [9.17, 15) is 13.2 Å². The van der Waals surface area contributed by atoms with Crippen molar-refractivity contribution in [2.24, 2.45) is 5.92 Å². The van der Waals surface area contributed by atoms with Crippen molar-refractivity contribution in [3.05, 3.63) is 51.3 Å². The molecule has 2 heterocycles. The standard InChI is InChI=1S/C19H21BrN2O4S2/c20-14-3-1-13(2-4-14)16-11-17(16)19(23)21-12-15-5-6-18(27-15)28(24,25)22-7-9-26-10-8-22/h1-6,16-17H,7-12H2,(H,21,23)/t16-,17+/m0/s1. The van der Waals surface area contributed by atoms with Crippen LogP contribution in [-0.2, 0) is 26.1 Å². The lowest BCUT2D eigenvalue weighted by atomic mass is 10.1. The number of benzene rings is 1. The Kier molecular flexibility index (Phi) is 5.89. The van der Waals surface area contributed by atoms with Gasteiger partial charge in [0, 0.05) is 28.4 Å². The van der Waals surface area contributed by atoms with Crippen LogP contribution >= 0.6 is 27.3 Å². The van der Waals surface area contributed by atoms with Gasteiger partial charge >= 0.3 is 0 Å². The lowest BCUT2D eigenvalue weighted by Crippen LogP contribution is -2.40. The highest BCUT2D eigenvalue weighted by molar-refractivity contribution is 9.10. The molecule has 0 radical (unpaired) electrons. The summed E-state index contributed by atoms with van der Waals surface area (Å²) >= 11 is 4.64. The number of ether oxygens (including phenoxy) is 1. The maximum Gasteiger partial charge on any atom is 0.252 e. The Morgan fingerprint density at radius 3 is 2.61 bits per heavy atom. The van der Waals surface area contributed by atoms with Crippen molar-refractivity contribution in [1.82, 2.24) is 9.62 Å². The van der Waals surface area contributed by atoms with E-state index in [4.69, 9.17) is 4.74 Å². The van der Waals surface area contributed by atoms with Crippen LogP contribution < -0.4 is 5.32 Å². The van der Waals surface area contributed by atoms with Crippen molar-refractivity contribution in [2.45, 2.75) is 23.1 Å². The van der Waals surface area contributed by atoms with Crippen LogP contribution in [0.5, 0.6) is 0 Å². The lowest BCUT2D eigenvalue weighted by Gasteiger charge is -2.25. The van der Waals surface area contributed by atoms with Gasteiger partial charge in [-0.05, 0) is 42.2 Å². The van der Waals surface area contributed by atoms with Crippen LogP contribution in [-0.4, -0.2) is 44.9 Å². The first-order chi connectivity index (χ1) is 13.4. The zero-order chi connectivity index (χ0) is 19.7. The molecular weight excluding hydrogens is 464 g/mol. The maximum atomic E-state index is 12.7. The average Bonchev–Trinajstić information content (AvgIpc) is 3.36. The third-order valence-electron chi connectivity index (χ3n) is 5.06. The highest BCUT2D eigenvalue weighted by Gasteiger charge is 2.43. The van der Waals surface area contributed by atoms with E-state index in [1.54, 1.807) is 12.1 Å². The molecule has 1 N–H and O–H groups in total. The number of carbonyl (C=O) groups is 1. The number of hydrogen-bond acceptors (Lipinski definition) is 5. The van der Waals surface area contributed by atoms with Crippen molar-refractivity contribution >= 4 is 43.2 Å². The highest BCUT2D eigenvalue weighted by Crippen LogP contribution is 2.47. The van der Waals surface area contributed by atoms with Gasteiger partial charge < -0.3 is 10.1 Å². The SMILES string of the molecule is O=C(NCc1ccc(S(=O)(=O)N2CCOCC2)s1)[C@@H]1C[C@H]1c1ccc(Br)cc1. The molecule has 28 heavy (non-hydrogen) atoms. The molecule has 1 aliphatic heterocycles. The first-order valence-corrected chi connectivity index (χ1v) is 12.2. The van der Waals surface area contributed by atoms with Gasteiger partial charge in [-0.2, -0.15) is 4.31 Å². The highest BCUT2D eigenvalue weighted by atomic mass is 79.9. The van der Waals surface area contributed by atoms with E-state index in [1.165, 1.54) is 21.2 Å². The molecule has 2 atom stereocenters. The van der Waals surface area contributed by atoms with Gasteiger partial charge in [-0.25, -0.2) is 8.42 Å². The van der Waals surface area contributed by atoms with Gasteiger partial charge in [0.2, 0.25) is 5.91 Å². The Balaban J connectivity index is 1.32. The van der Waals surface area contributed by atoms with Crippen molar-refractivity contribution < 1.29 is 17.9 Å². The number of amides is 1. The Morgan fingerprint density at radius 2 is 1.89 bits per heavy atom. The fourth-order valence-electron chi connectivity index (χ4n) is 3.37. The van der Waals surface area contributed by atoms with E-state index in [0.29, 0.717) is 37.1 Å². The number of halogens is 1. The van der Waals surface area contributed by atoms with Gasteiger partial charge in [0.25, 0.3) is 10.0 Å². The van der Waals surface area contributed by atoms with Crippen LogP contribution in [0.4, 0.5) is 0 Å². The molecule has 9 heteroatoms. The third-order valence-corrected chi connectivity index (χ3v) is 9.04. The largest absolute Gasteiger partial charge is 0.379 e. The van der Waals surface area contributed by atoms with E-state index >= 15 is 0 Å². The third kappa shape index (κ3) is 4.33. The Morgan fingerprint density at radius 1 is 1.18 bits per heavy atom. The second-order valence-electron chi connectivity index (χ2n) is 6.96. The molecule has 1 aromatic heterocycles. The number of hydrogen-bond donors (Lipinski definition) is 1. The minimum Gasteiger partial charge on any atom is -0.379 e. The molecule has 2 fully saturated rings. The van der Waals surface area contributed by atoms with Crippen molar-refractivity contribution in [2.75, 3.05) is 26.3 Å². The molecular formula is C19H21BrN2O4S2. The number of thiophene rings is 1. The minimum absolute atomic E-state index is 0.00214. The molecule has 2 aliphatic rings. The zero-order valence-electron chi connectivity index (χ0n) is 15.1. The smallest absolute Gasteiger partial charge is 0.252 e. The number of nitrogens with one attached hydrogen (secondary N) is 1. The maximum absolute atomic E-state index is 12.7. The quantitative estimate of drug-likeness (QED) is 0.683. The topological polar surface area (TPSA) is 75.7 Å². The molecule has 150 valence electrons. The molecule has 0 unspecified atom stereocenters. The molecule has 4 rings (SSSR count). The molecule has 0 spiro atoms. The van der Waals surface area contributed by atoms with Crippen LogP contribution in [0.25, 0.3) is 0 Å². The molecule has 6 nitrogen and oxygen atoms in total. The van der Waals surface area contributed by atoms with Gasteiger partial charge in [0.15, 0.2) is 0 Å². The van der Waals surface area contributed by atoms with E-state index in [-0.39, 0.29) is 17.7 Å². The number of rotatable bonds is 6. The predicted octanol–water partition coefficient (Wildman–Crippen LogP) is 2.95. The first-order valence-electron chi connectivity index (χ1n) is 9.15. The number of carbonyl (C=O) groups excluding carboxylic acids is 1. The number of nitrogens with zero attached hydrogens (tertiary/aromatic N) is 1. The molecule has 1 saturated heterocycles. The van der Waals surface area contributed by atoms with E-state index < -0.39 is 10.0 Å². The van der Waals surface area contributed by atoms with Gasteiger partial charge in [-0.15, -0.1) is 11.3 Å². The van der Waals surface area contributed by atoms with E-state index in [0.717, 1.165) is 15.8 Å². The Bertz CT molecular complexity index is 953. The normalized spacial score (nSPS) is 22.8. The fourth-order valence-corrected chi connectivity index (χ4v) is 6.50. The monoisotopic (exact) mass is 484 g/mol. The average molecular weight is 485 g/mol.